The van der Waals surface area contributed by atoms with Crippen molar-refractivity contribution in [2.45, 2.75) is 32.4 Å². The molecule has 1 aromatic heterocycles. The molecule has 0 spiro atoms. The number of nitrogens with two attached hydrogens (primary N) is 1. The highest BCUT2D eigenvalue weighted by Gasteiger charge is 2.28. The number of hydrogen-bond acceptors (Lipinski definition) is 5. The fourth-order valence-electron chi connectivity index (χ4n) is 2.35. The van der Waals surface area contributed by atoms with E-state index in [4.69, 9.17) is 5.73 Å². The molecule has 23 heavy (non-hydrogen) atoms. The Morgan fingerprint density at radius 3 is 2.65 bits per heavy atom. The van der Waals surface area contributed by atoms with Crippen LogP contribution in [0.3, 0.4) is 0 Å². The van der Waals surface area contributed by atoms with Crippen molar-refractivity contribution in [3.63, 3.8) is 0 Å². The van der Waals surface area contributed by atoms with Gasteiger partial charge in [0, 0.05) is 17.2 Å². The molecule has 1 saturated carbocycles. The summed E-state index contributed by atoms with van der Waals surface area (Å²) in [5, 5.41) is 14.9. The summed E-state index contributed by atoms with van der Waals surface area (Å²) in [6.07, 6.45) is 2.35. The smallest absolute Gasteiger partial charge is 0.248 e. The van der Waals surface area contributed by atoms with Crippen LogP contribution in [0.15, 0.2) is 24.3 Å². The molecule has 2 aromatic rings. The predicted molar refractivity (Wildman–Crippen MR) is 82.1 cm³/mol. The van der Waals surface area contributed by atoms with E-state index in [9.17, 15) is 9.59 Å². The normalized spacial score (nSPS) is 15.2. The number of primary amides is 1. The largest absolute Gasteiger partial charge is 0.366 e. The standard InChI is InChI=1S/C15H18N6O2/c1-9(10-2-3-10)17-13(22)8-21-19-15(18-20-21)12-6-4-11(5-7-12)14(16)23/h4-7,9-10H,2-3,8H2,1H3,(H2,16,23)(H,17,22)/t9-/m0/s1. The van der Waals surface area contributed by atoms with Crippen LogP contribution in [0.1, 0.15) is 30.1 Å². The maximum atomic E-state index is 11.9. The highest BCUT2D eigenvalue weighted by molar-refractivity contribution is 5.93. The van der Waals surface area contributed by atoms with Gasteiger partial charge in [0.05, 0.1) is 0 Å². The van der Waals surface area contributed by atoms with Crippen molar-refractivity contribution in [1.82, 2.24) is 25.5 Å². The summed E-state index contributed by atoms with van der Waals surface area (Å²) in [6.45, 7) is 2.04. The Morgan fingerprint density at radius 2 is 2.04 bits per heavy atom. The van der Waals surface area contributed by atoms with E-state index in [0.29, 0.717) is 22.9 Å². The van der Waals surface area contributed by atoms with Gasteiger partial charge in [-0.25, -0.2) is 0 Å². The Kier molecular flexibility index (Phi) is 4.05. The average molecular weight is 314 g/mol. The Hall–Kier alpha value is -2.77. The van der Waals surface area contributed by atoms with E-state index in [1.54, 1.807) is 24.3 Å². The van der Waals surface area contributed by atoms with Crippen molar-refractivity contribution in [1.29, 1.82) is 0 Å². The van der Waals surface area contributed by atoms with Gasteiger partial charge < -0.3 is 11.1 Å². The van der Waals surface area contributed by atoms with E-state index in [0.717, 1.165) is 0 Å². The number of hydrogen-bond donors (Lipinski definition) is 2. The molecule has 8 nitrogen and oxygen atoms in total. The summed E-state index contributed by atoms with van der Waals surface area (Å²) < 4.78 is 0. The van der Waals surface area contributed by atoms with Crippen LogP contribution in [0.2, 0.25) is 0 Å². The summed E-state index contributed by atoms with van der Waals surface area (Å²) in [4.78, 5) is 24.2. The van der Waals surface area contributed by atoms with Crippen LogP contribution in [-0.4, -0.2) is 38.1 Å². The summed E-state index contributed by atoms with van der Waals surface area (Å²) in [5.74, 6) is 0.373. The maximum Gasteiger partial charge on any atom is 0.248 e. The van der Waals surface area contributed by atoms with Crippen LogP contribution in [0.5, 0.6) is 0 Å². The molecule has 1 heterocycles. The SMILES string of the molecule is C[C@H](NC(=O)Cn1nnc(-c2ccc(C(N)=O)cc2)n1)C1CC1. The van der Waals surface area contributed by atoms with Crippen LogP contribution in [0.4, 0.5) is 0 Å². The van der Waals surface area contributed by atoms with Gasteiger partial charge in [-0.05, 0) is 43.0 Å². The molecule has 120 valence electrons. The molecule has 0 aliphatic heterocycles. The van der Waals surface area contributed by atoms with Gasteiger partial charge in [-0.1, -0.05) is 12.1 Å². The van der Waals surface area contributed by atoms with Crippen molar-refractivity contribution in [3.05, 3.63) is 29.8 Å². The molecule has 0 bridgehead atoms. The van der Waals surface area contributed by atoms with Crippen molar-refractivity contribution < 1.29 is 9.59 Å². The summed E-state index contributed by atoms with van der Waals surface area (Å²) in [5.41, 5.74) is 6.31. The Bertz CT molecular complexity index is 720. The second-order valence-corrected chi connectivity index (χ2v) is 5.78. The molecule has 1 aromatic carbocycles. The molecule has 1 atom stereocenters. The van der Waals surface area contributed by atoms with Crippen LogP contribution >= 0.6 is 0 Å². The molecular formula is C15H18N6O2. The summed E-state index contributed by atoms with van der Waals surface area (Å²) in [7, 11) is 0. The van der Waals surface area contributed by atoms with Crippen molar-refractivity contribution in [2.24, 2.45) is 11.7 Å². The van der Waals surface area contributed by atoms with Gasteiger partial charge in [0.15, 0.2) is 0 Å². The maximum absolute atomic E-state index is 11.9. The quantitative estimate of drug-likeness (QED) is 0.798. The zero-order chi connectivity index (χ0) is 16.4. The van der Waals surface area contributed by atoms with E-state index in [1.807, 2.05) is 6.92 Å². The average Bonchev–Trinajstić information content (AvgIpc) is 3.28. The molecule has 0 unspecified atom stereocenters. The van der Waals surface area contributed by atoms with E-state index in [2.05, 4.69) is 20.7 Å². The molecule has 3 N–H and O–H groups in total. The number of nitrogens with one attached hydrogen (secondary N) is 1. The van der Waals surface area contributed by atoms with Crippen LogP contribution in [0, 0.1) is 5.92 Å². The second kappa shape index (κ2) is 6.15. The Labute approximate surface area is 133 Å². The Morgan fingerprint density at radius 1 is 1.35 bits per heavy atom. The van der Waals surface area contributed by atoms with E-state index < -0.39 is 5.91 Å². The Balaban J connectivity index is 1.63. The van der Waals surface area contributed by atoms with Gasteiger partial charge in [-0.2, -0.15) is 4.80 Å². The third kappa shape index (κ3) is 3.71. The van der Waals surface area contributed by atoms with Crippen LogP contribution in [0.25, 0.3) is 11.4 Å². The molecule has 3 rings (SSSR count). The lowest BCUT2D eigenvalue weighted by molar-refractivity contribution is -0.122. The molecule has 2 amide bonds. The van der Waals surface area contributed by atoms with E-state index in [1.165, 1.54) is 17.6 Å². The molecule has 1 aliphatic rings. The zero-order valence-corrected chi connectivity index (χ0v) is 12.8. The fourth-order valence-corrected chi connectivity index (χ4v) is 2.35. The van der Waals surface area contributed by atoms with Gasteiger partial charge in [0.25, 0.3) is 0 Å². The van der Waals surface area contributed by atoms with E-state index >= 15 is 0 Å². The van der Waals surface area contributed by atoms with Gasteiger partial charge >= 0.3 is 0 Å². The highest BCUT2D eigenvalue weighted by Crippen LogP contribution is 2.32. The highest BCUT2D eigenvalue weighted by atomic mass is 16.2. The van der Waals surface area contributed by atoms with Crippen molar-refractivity contribution >= 4 is 11.8 Å². The second-order valence-electron chi connectivity index (χ2n) is 5.78. The van der Waals surface area contributed by atoms with Gasteiger partial charge in [-0.3, -0.25) is 9.59 Å². The molecular weight excluding hydrogens is 296 g/mol. The number of benzene rings is 1. The number of aromatic nitrogens is 4. The lowest BCUT2D eigenvalue weighted by Gasteiger charge is -2.11. The first-order valence-corrected chi connectivity index (χ1v) is 7.50. The summed E-state index contributed by atoms with van der Waals surface area (Å²) in [6, 6.07) is 6.77. The van der Waals surface area contributed by atoms with Crippen molar-refractivity contribution in [2.75, 3.05) is 0 Å². The number of nitrogens with zero attached hydrogens (tertiary/aromatic N) is 4. The molecule has 1 aliphatic carbocycles. The number of amides is 2. The zero-order valence-electron chi connectivity index (χ0n) is 12.8. The number of rotatable bonds is 6. The van der Waals surface area contributed by atoms with E-state index in [-0.39, 0.29) is 18.5 Å². The van der Waals surface area contributed by atoms with Gasteiger partial charge in [0.2, 0.25) is 17.6 Å². The topological polar surface area (TPSA) is 116 Å². The minimum Gasteiger partial charge on any atom is -0.366 e. The monoisotopic (exact) mass is 314 g/mol. The van der Waals surface area contributed by atoms with Gasteiger partial charge in [-0.15, -0.1) is 10.2 Å². The lowest BCUT2D eigenvalue weighted by atomic mass is 10.1. The van der Waals surface area contributed by atoms with Crippen LogP contribution < -0.4 is 11.1 Å². The number of carbonyl (C=O) groups is 2. The molecule has 1 fully saturated rings. The number of tetrazole rings is 1. The predicted octanol–water partition coefficient (Wildman–Crippen LogP) is 0.354. The van der Waals surface area contributed by atoms with Crippen LogP contribution in [-0.2, 0) is 11.3 Å². The molecule has 8 heteroatoms. The van der Waals surface area contributed by atoms with Crippen molar-refractivity contribution in [3.8, 4) is 11.4 Å². The first-order chi connectivity index (χ1) is 11.0. The molecule has 0 radical (unpaired) electrons. The lowest BCUT2D eigenvalue weighted by Crippen LogP contribution is -2.36. The minimum atomic E-state index is -0.491. The third-order valence-electron chi connectivity index (χ3n) is 3.88. The third-order valence-corrected chi connectivity index (χ3v) is 3.88. The fraction of sp³-hybridized carbons (Fsp3) is 0.400. The minimum absolute atomic E-state index is 0.0312. The summed E-state index contributed by atoms with van der Waals surface area (Å²) >= 11 is 0. The first kappa shape index (κ1) is 15.1. The first-order valence-electron chi connectivity index (χ1n) is 7.50. The number of carbonyl (C=O) groups excluding carboxylic acids is 2. The molecule has 0 saturated heterocycles. The van der Waals surface area contributed by atoms with Gasteiger partial charge in [0.1, 0.15) is 6.54 Å².